The summed E-state index contributed by atoms with van der Waals surface area (Å²) in [6.07, 6.45) is 55.6. The second-order valence-electron chi connectivity index (χ2n) is 18.9. The SMILES string of the molecule is CCCCCCCCCCCCCCCCCNC(=O)c1ccc(C(=O)NCCCCCCCCCCCCCCCCC)c(OCCCCCCCCCCCCCC)c1. The fraction of sp³-hybridized carbons (Fsp3) is 0.857. The van der Waals surface area contributed by atoms with Gasteiger partial charge in [-0.1, -0.05) is 271 Å². The average Bonchev–Trinajstić information content (AvgIpc) is 3.27. The molecule has 61 heavy (non-hydrogen) atoms. The highest BCUT2D eigenvalue weighted by atomic mass is 16.5. The summed E-state index contributed by atoms with van der Waals surface area (Å²) >= 11 is 0. The molecule has 1 aromatic rings. The molecule has 1 aromatic carbocycles. The van der Waals surface area contributed by atoms with Crippen LogP contribution in [-0.2, 0) is 0 Å². The standard InChI is InChI=1S/C56H104N2O3/c1-4-7-10-13-16-19-22-25-27-29-31-34-37-40-43-48-57-55(59)52-46-47-53(54(51-52)61-50-45-42-39-36-33-24-21-18-15-12-9-6-3)56(60)58-49-44-41-38-35-32-30-28-26-23-20-17-14-11-8-5-2/h46-47,51H,4-45,48-50H2,1-3H3,(H,57,59)(H,58,60). The zero-order valence-electron chi connectivity index (χ0n) is 41.3. The first kappa shape index (κ1) is 57.0. The molecule has 0 fully saturated rings. The van der Waals surface area contributed by atoms with Gasteiger partial charge in [-0.05, 0) is 37.5 Å². The predicted molar refractivity (Wildman–Crippen MR) is 268 cm³/mol. The van der Waals surface area contributed by atoms with Gasteiger partial charge < -0.3 is 15.4 Å². The Hall–Kier alpha value is -2.04. The average molecular weight is 853 g/mol. The van der Waals surface area contributed by atoms with Gasteiger partial charge in [-0.15, -0.1) is 0 Å². The number of hydrogen-bond donors (Lipinski definition) is 2. The zero-order chi connectivity index (χ0) is 43.9. The smallest absolute Gasteiger partial charge is 0.255 e. The predicted octanol–water partition coefficient (Wildman–Crippen LogP) is 18.0. The molecular formula is C56H104N2O3. The molecule has 0 spiro atoms. The van der Waals surface area contributed by atoms with Crippen molar-refractivity contribution >= 4 is 11.8 Å². The van der Waals surface area contributed by atoms with Gasteiger partial charge in [0.2, 0.25) is 0 Å². The maximum atomic E-state index is 13.4. The van der Waals surface area contributed by atoms with Crippen LogP contribution in [-0.4, -0.2) is 31.5 Å². The number of nitrogens with one attached hydrogen (secondary N) is 2. The van der Waals surface area contributed by atoms with Gasteiger partial charge in [-0.3, -0.25) is 9.59 Å². The molecule has 5 nitrogen and oxygen atoms in total. The molecule has 0 bridgehead atoms. The molecule has 0 aliphatic heterocycles. The number of rotatable bonds is 48. The number of carbonyl (C=O) groups excluding carboxylic acids is 2. The number of ether oxygens (including phenoxy) is 1. The summed E-state index contributed by atoms with van der Waals surface area (Å²) in [6.45, 7) is 8.79. The van der Waals surface area contributed by atoms with Crippen LogP contribution in [0.4, 0.5) is 0 Å². The Morgan fingerprint density at radius 2 is 0.639 bits per heavy atom. The third kappa shape index (κ3) is 37.1. The van der Waals surface area contributed by atoms with Crippen molar-refractivity contribution in [2.75, 3.05) is 19.7 Å². The minimum absolute atomic E-state index is 0.0784. The first-order chi connectivity index (χ1) is 30.1. The molecule has 0 aliphatic carbocycles. The second kappa shape index (κ2) is 46.0. The van der Waals surface area contributed by atoms with Crippen molar-refractivity contribution in [1.82, 2.24) is 10.6 Å². The van der Waals surface area contributed by atoms with Crippen LogP contribution in [0.15, 0.2) is 18.2 Å². The highest BCUT2D eigenvalue weighted by Gasteiger charge is 2.16. The van der Waals surface area contributed by atoms with E-state index < -0.39 is 0 Å². The van der Waals surface area contributed by atoms with Gasteiger partial charge in [0.05, 0.1) is 12.2 Å². The van der Waals surface area contributed by atoms with Crippen LogP contribution < -0.4 is 15.4 Å². The maximum absolute atomic E-state index is 13.4. The quantitative estimate of drug-likeness (QED) is 0.0642. The van der Waals surface area contributed by atoms with E-state index >= 15 is 0 Å². The third-order valence-corrected chi connectivity index (χ3v) is 12.9. The lowest BCUT2D eigenvalue weighted by molar-refractivity contribution is 0.0937. The normalized spacial score (nSPS) is 11.3. The zero-order valence-corrected chi connectivity index (χ0v) is 41.3. The molecule has 2 amide bonds. The first-order valence-electron chi connectivity index (χ1n) is 27.5. The Bertz CT molecular complexity index is 1090. The van der Waals surface area contributed by atoms with Gasteiger partial charge >= 0.3 is 0 Å². The fourth-order valence-corrected chi connectivity index (χ4v) is 8.69. The Morgan fingerprint density at radius 1 is 0.361 bits per heavy atom. The van der Waals surface area contributed by atoms with Crippen LogP contribution in [0.25, 0.3) is 0 Å². The summed E-state index contributed by atoms with van der Waals surface area (Å²) < 4.78 is 6.27. The van der Waals surface area contributed by atoms with E-state index in [1.54, 1.807) is 18.2 Å². The molecule has 0 aromatic heterocycles. The monoisotopic (exact) mass is 853 g/mol. The van der Waals surface area contributed by atoms with E-state index in [9.17, 15) is 9.59 Å². The molecule has 356 valence electrons. The van der Waals surface area contributed by atoms with Crippen LogP contribution in [0.5, 0.6) is 5.75 Å². The van der Waals surface area contributed by atoms with Crippen LogP contribution in [0.2, 0.25) is 0 Å². The Balaban J connectivity index is 2.38. The van der Waals surface area contributed by atoms with Crippen LogP contribution in [0.3, 0.4) is 0 Å². The molecule has 5 heteroatoms. The van der Waals surface area contributed by atoms with E-state index in [1.807, 2.05) is 0 Å². The molecule has 0 saturated heterocycles. The lowest BCUT2D eigenvalue weighted by Crippen LogP contribution is -2.26. The maximum Gasteiger partial charge on any atom is 0.255 e. The highest BCUT2D eigenvalue weighted by Crippen LogP contribution is 2.23. The van der Waals surface area contributed by atoms with Gasteiger partial charge in [-0.2, -0.15) is 0 Å². The molecule has 0 aliphatic rings. The molecular weight excluding hydrogens is 749 g/mol. The number of benzene rings is 1. The summed E-state index contributed by atoms with van der Waals surface area (Å²) in [6, 6.07) is 5.38. The van der Waals surface area contributed by atoms with Crippen molar-refractivity contribution in [2.24, 2.45) is 0 Å². The molecule has 0 atom stereocenters. The van der Waals surface area contributed by atoms with Gasteiger partial charge in [0, 0.05) is 18.7 Å². The van der Waals surface area contributed by atoms with Crippen molar-refractivity contribution in [3.63, 3.8) is 0 Å². The summed E-state index contributed by atoms with van der Waals surface area (Å²) in [5, 5.41) is 6.28. The lowest BCUT2D eigenvalue weighted by atomic mass is 10.0. The Morgan fingerprint density at radius 3 is 0.967 bits per heavy atom. The van der Waals surface area contributed by atoms with E-state index in [0.29, 0.717) is 36.6 Å². The molecule has 1 rings (SSSR count). The first-order valence-corrected chi connectivity index (χ1v) is 27.5. The number of unbranched alkanes of at least 4 members (excludes halogenated alkanes) is 39. The highest BCUT2D eigenvalue weighted by molar-refractivity contribution is 6.00. The van der Waals surface area contributed by atoms with E-state index in [0.717, 1.165) is 38.5 Å². The van der Waals surface area contributed by atoms with E-state index in [1.165, 1.54) is 231 Å². The van der Waals surface area contributed by atoms with E-state index in [-0.39, 0.29) is 11.8 Å². The van der Waals surface area contributed by atoms with Crippen LogP contribution in [0.1, 0.15) is 311 Å². The van der Waals surface area contributed by atoms with Crippen molar-refractivity contribution in [2.45, 2.75) is 290 Å². The third-order valence-electron chi connectivity index (χ3n) is 12.9. The minimum Gasteiger partial charge on any atom is -0.493 e. The van der Waals surface area contributed by atoms with Crippen LogP contribution in [0, 0.1) is 0 Å². The molecule has 2 N–H and O–H groups in total. The second-order valence-corrected chi connectivity index (χ2v) is 18.9. The van der Waals surface area contributed by atoms with Crippen molar-refractivity contribution in [1.29, 1.82) is 0 Å². The lowest BCUT2D eigenvalue weighted by Gasteiger charge is -2.14. The van der Waals surface area contributed by atoms with Crippen molar-refractivity contribution in [3.05, 3.63) is 29.3 Å². The largest absolute Gasteiger partial charge is 0.493 e. The van der Waals surface area contributed by atoms with Gasteiger partial charge in [0.15, 0.2) is 0 Å². The summed E-state index contributed by atoms with van der Waals surface area (Å²) in [5.41, 5.74) is 1.11. The van der Waals surface area contributed by atoms with Crippen LogP contribution >= 0.6 is 0 Å². The molecule has 0 radical (unpaired) electrons. The molecule has 0 heterocycles. The van der Waals surface area contributed by atoms with E-state index in [4.69, 9.17) is 4.74 Å². The molecule has 0 saturated carbocycles. The Labute approximate surface area is 380 Å². The summed E-state index contributed by atoms with van der Waals surface area (Å²) in [7, 11) is 0. The number of hydrogen-bond acceptors (Lipinski definition) is 3. The minimum atomic E-state index is -0.0974. The number of amides is 2. The fourth-order valence-electron chi connectivity index (χ4n) is 8.69. The summed E-state index contributed by atoms with van der Waals surface area (Å²) in [5.74, 6) is 0.363. The van der Waals surface area contributed by atoms with Gasteiger partial charge in [0.1, 0.15) is 5.75 Å². The van der Waals surface area contributed by atoms with Crippen molar-refractivity contribution in [3.8, 4) is 5.75 Å². The Kier molecular flexibility index (Phi) is 42.9. The number of carbonyl (C=O) groups is 2. The molecule has 0 unspecified atom stereocenters. The van der Waals surface area contributed by atoms with Gasteiger partial charge in [0.25, 0.3) is 11.8 Å². The van der Waals surface area contributed by atoms with Crippen molar-refractivity contribution < 1.29 is 14.3 Å². The summed E-state index contributed by atoms with van der Waals surface area (Å²) in [4.78, 5) is 26.6. The van der Waals surface area contributed by atoms with E-state index in [2.05, 4.69) is 31.4 Å². The van der Waals surface area contributed by atoms with Gasteiger partial charge in [-0.25, -0.2) is 0 Å². The topological polar surface area (TPSA) is 67.4 Å².